The van der Waals surface area contributed by atoms with Crippen LogP contribution < -0.4 is 17.0 Å². The third kappa shape index (κ3) is 2.23. The van der Waals surface area contributed by atoms with E-state index in [1.165, 1.54) is 5.56 Å². The van der Waals surface area contributed by atoms with Crippen LogP contribution in [0.2, 0.25) is 0 Å². The zero-order valence-corrected chi connectivity index (χ0v) is 8.54. The van der Waals surface area contributed by atoms with Crippen molar-refractivity contribution in [2.24, 2.45) is 16.6 Å². The molecule has 0 radical (unpaired) electrons. The smallest absolute Gasteiger partial charge is 0.208 e. The minimum absolute atomic E-state index is 0.231. The molecule has 0 bridgehead atoms. The average Bonchev–Trinajstić information content (AvgIpc) is 2.20. The molecule has 0 saturated heterocycles. The lowest BCUT2D eigenvalue weighted by Gasteiger charge is -2.07. The highest BCUT2D eigenvalue weighted by atomic mass is 15.3. The van der Waals surface area contributed by atoms with Crippen LogP contribution in [0.5, 0.6) is 0 Å². The number of rotatable bonds is 2. The summed E-state index contributed by atoms with van der Waals surface area (Å²) < 4.78 is 0. The van der Waals surface area contributed by atoms with Crippen molar-refractivity contribution in [1.82, 2.24) is 5.43 Å². The number of nitrogens with two attached hydrogens (primary N) is 2. The van der Waals surface area contributed by atoms with Crippen LogP contribution in [-0.2, 0) is 6.42 Å². The van der Waals surface area contributed by atoms with E-state index in [2.05, 4.69) is 17.3 Å². The van der Waals surface area contributed by atoms with Crippen LogP contribution in [0.15, 0.2) is 23.2 Å². The normalized spacial score (nSPS) is 11.5. The fraction of sp³-hybridized carbons (Fsp3) is 0.300. The maximum atomic E-state index is 5.51. The molecule has 4 nitrogen and oxygen atoms in total. The molecule has 0 fully saturated rings. The van der Waals surface area contributed by atoms with Gasteiger partial charge in [-0.15, -0.1) is 0 Å². The van der Waals surface area contributed by atoms with Crippen molar-refractivity contribution >= 4 is 11.6 Å². The van der Waals surface area contributed by atoms with Gasteiger partial charge in [0.25, 0.3) is 0 Å². The molecule has 0 aliphatic heterocycles. The Morgan fingerprint density at radius 3 is 2.79 bits per heavy atom. The SMILES string of the molecule is CCc1cccc(C)c1N=C(N)NN. The second-order valence-electron chi connectivity index (χ2n) is 3.08. The molecule has 4 heteroatoms. The summed E-state index contributed by atoms with van der Waals surface area (Å²) in [5, 5.41) is 0. The van der Waals surface area contributed by atoms with Crippen LogP contribution in [0.4, 0.5) is 5.69 Å². The maximum absolute atomic E-state index is 5.51. The van der Waals surface area contributed by atoms with Crippen LogP contribution >= 0.6 is 0 Å². The van der Waals surface area contributed by atoms with Gasteiger partial charge in [0, 0.05) is 0 Å². The number of para-hydroxylation sites is 1. The summed E-state index contributed by atoms with van der Waals surface area (Å²) in [4.78, 5) is 4.21. The van der Waals surface area contributed by atoms with Gasteiger partial charge in [-0.25, -0.2) is 10.8 Å². The minimum Gasteiger partial charge on any atom is -0.369 e. The number of hydrogen-bond acceptors (Lipinski definition) is 2. The van der Waals surface area contributed by atoms with E-state index in [-0.39, 0.29) is 5.96 Å². The van der Waals surface area contributed by atoms with Gasteiger partial charge in [0.05, 0.1) is 5.69 Å². The summed E-state index contributed by atoms with van der Waals surface area (Å²) in [6, 6.07) is 6.05. The van der Waals surface area contributed by atoms with Crippen molar-refractivity contribution < 1.29 is 0 Å². The third-order valence-corrected chi connectivity index (χ3v) is 2.08. The number of aliphatic imine (C=N–C) groups is 1. The van der Waals surface area contributed by atoms with E-state index in [0.29, 0.717) is 0 Å². The van der Waals surface area contributed by atoms with Crippen molar-refractivity contribution in [3.05, 3.63) is 29.3 Å². The van der Waals surface area contributed by atoms with Gasteiger partial charge in [0.15, 0.2) is 0 Å². The monoisotopic (exact) mass is 192 g/mol. The molecule has 76 valence electrons. The Balaban J connectivity index is 3.17. The van der Waals surface area contributed by atoms with Crippen LogP contribution in [-0.4, -0.2) is 5.96 Å². The third-order valence-electron chi connectivity index (χ3n) is 2.08. The Kier molecular flexibility index (Phi) is 3.48. The largest absolute Gasteiger partial charge is 0.369 e. The van der Waals surface area contributed by atoms with E-state index in [1.807, 2.05) is 25.1 Å². The van der Waals surface area contributed by atoms with Crippen molar-refractivity contribution in [3.63, 3.8) is 0 Å². The first-order chi connectivity index (χ1) is 6.69. The Morgan fingerprint density at radius 1 is 1.50 bits per heavy atom. The summed E-state index contributed by atoms with van der Waals surface area (Å²) >= 11 is 0. The highest BCUT2D eigenvalue weighted by molar-refractivity contribution is 5.81. The summed E-state index contributed by atoms with van der Waals surface area (Å²) in [7, 11) is 0. The Bertz CT molecular complexity index is 344. The van der Waals surface area contributed by atoms with Gasteiger partial charge in [0.1, 0.15) is 0 Å². The van der Waals surface area contributed by atoms with Crippen LogP contribution in [0.3, 0.4) is 0 Å². The number of aryl methyl sites for hydroxylation is 2. The molecule has 0 spiro atoms. The Labute approximate surface area is 84.0 Å². The van der Waals surface area contributed by atoms with E-state index in [4.69, 9.17) is 11.6 Å². The Hall–Kier alpha value is -1.55. The van der Waals surface area contributed by atoms with Gasteiger partial charge in [-0.2, -0.15) is 0 Å². The second-order valence-corrected chi connectivity index (χ2v) is 3.08. The second kappa shape index (κ2) is 4.62. The van der Waals surface area contributed by atoms with Crippen molar-refractivity contribution in [1.29, 1.82) is 0 Å². The summed E-state index contributed by atoms with van der Waals surface area (Å²) in [5.41, 5.74) is 11.0. The zero-order chi connectivity index (χ0) is 10.6. The number of nitrogens with one attached hydrogen (secondary N) is 1. The average molecular weight is 192 g/mol. The lowest BCUT2D eigenvalue weighted by molar-refractivity contribution is 1.00. The minimum atomic E-state index is 0.231. The van der Waals surface area contributed by atoms with E-state index in [1.54, 1.807) is 0 Å². The topological polar surface area (TPSA) is 76.4 Å². The predicted octanol–water partition coefficient (Wildman–Crippen LogP) is 0.967. The molecule has 0 amide bonds. The molecule has 5 N–H and O–H groups in total. The molecule has 0 aliphatic rings. The van der Waals surface area contributed by atoms with Crippen molar-refractivity contribution in [2.45, 2.75) is 20.3 Å². The van der Waals surface area contributed by atoms with Gasteiger partial charge in [-0.1, -0.05) is 25.1 Å². The van der Waals surface area contributed by atoms with Crippen LogP contribution in [0.1, 0.15) is 18.1 Å². The summed E-state index contributed by atoms with van der Waals surface area (Å²) in [5.74, 6) is 5.39. The van der Waals surface area contributed by atoms with Gasteiger partial charge in [-0.05, 0) is 24.5 Å². The number of benzene rings is 1. The molecule has 0 aromatic heterocycles. The number of guanidine groups is 1. The van der Waals surface area contributed by atoms with E-state index >= 15 is 0 Å². The van der Waals surface area contributed by atoms with Crippen molar-refractivity contribution in [2.75, 3.05) is 0 Å². The Morgan fingerprint density at radius 2 is 2.21 bits per heavy atom. The van der Waals surface area contributed by atoms with Crippen LogP contribution in [0.25, 0.3) is 0 Å². The predicted molar refractivity (Wildman–Crippen MR) is 59.2 cm³/mol. The maximum Gasteiger partial charge on any atom is 0.208 e. The molecule has 0 unspecified atom stereocenters. The molecule has 1 rings (SSSR count). The molecule has 14 heavy (non-hydrogen) atoms. The number of hydrogen-bond donors (Lipinski definition) is 3. The zero-order valence-electron chi connectivity index (χ0n) is 8.54. The van der Waals surface area contributed by atoms with Gasteiger partial charge in [-0.3, -0.25) is 5.43 Å². The fourth-order valence-electron chi connectivity index (χ4n) is 1.32. The summed E-state index contributed by atoms with van der Waals surface area (Å²) in [6.07, 6.45) is 0.929. The highest BCUT2D eigenvalue weighted by Gasteiger charge is 2.02. The first-order valence-corrected chi connectivity index (χ1v) is 4.58. The van der Waals surface area contributed by atoms with Gasteiger partial charge >= 0.3 is 0 Å². The standard InChI is InChI=1S/C10H16N4/c1-3-8-6-4-5-7(2)9(8)13-10(11)14-12/h4-6H,3,12H2,1-2H3,(H3,11,13,14). The lowest BCUT2D eigenvalue weighted by atomic mass is 10.1. The van der Waals surface area contributed by atoms with E-state index in [0.717, 1.165) is 17.7 Å². The number of hydrazine groups is 1. The highest BCUT2D eigenvalue weighted by Crippen LogP contribution is 2.23. The summed E-state index contributed by atoms with van der Waals surface area (Å²) in [6.45, 7) is 4.08. The number of nitrogens with zero attached hydrogens (tertiary/aromatic N) is 1. The molecule has 0 aliphatic carbocycles. The molecule has 0 atom stereocenters. The van der Waals surface area contributed by atoms with Gasteiger partial charge in [0.2, 0.25) is 5.96 Å². The van der Waals surface area contributed by atoms with E-state index in [9.17, 15) is 0 Å². The lowest BCUT2D eigenvalue weighted by Crippen LogP contribution is -2.36. The van der Waals surface area contributed by atoms with Crippen molar-refractivity contribution in [3.8, 4) is 0 Å². The molecular formula is C10H16N4. The van der Waals surface area contributed by atoms with Crippen LogP contribution in [0, 0.1) is 6.92 Å². The van der Waals surface area contributed by atoms with Gasteiger partial charge < -0.3 is 5.73 Å². The fourth-order valence-corrected chi connectivity index (χ4v) is 1.32. The molecular weight excluding hydrogens is 176 g/mol. The first kappa shape index (κ1) is 10.5. The molecule has 1 aromatic rings. The van der Waals surface area contributed by atoms with E-state index < -0.39 is 0 Å². The molecule has 0 heterocycles. The molecule has 0 saturated carbocycles. The quantitative estimate of drug-likeness (QED) is 0.283. The molecule has 1 aromatic carbocycles. The first-order valence-electron chi connectivity index (χ1n) is 4.58.